The Morgan fingerprint density at radius 1 is 1.12 bits per heavy atom. The Morgan fingerprint density at radius 2 is 1.75 bits per heavy atom. The van der Waals surface area contributed by atoms with E-state index in [4.69, 9.17) is 0 Å². The number of rotatable bonds is 9. The predicted molar refractivity (Wildman–Crippen MR) is 74.8 cm³/mol. The molecule has 1 N–H and O–H groups in total. The van der Waals surface area contributed by atoms with Gasteiger partial charge in [0.05, 0.1) is 0 Å². The average Bonchev–Trinajstić information content (AvgIpc) is 2.29. The molecule has 0 spiro atoms. The number of unbranched alkanes of at least 4 members (excludes halogenated alkanes) is 1. The molecule has 0 aromatic rings. The summed E-state index contributed by atoms with van der Waals surface area (Å²) in [4.78, 5) is 0. The van der Waals surface area contributed by atoms with E-state index in [1.165, 1.54) is 38.5 Å². The van der Waals surface area contributed by atoms with Crippen LogP contribution in [-0.2, 0) is 0 Å². The van der Waals surface area contributed by atoms with Crippen LogP contribution in [0, 0.1) is 11.3 Å². The van der Waals surface area contributed by atoms with Gasteiger partial charge in [0.2, 0.25) is 0 Å². The molecule has 0 radical (unpaired) electrons. The van der Waals surface area contributed by atoms with E-state index < -0.39 is 0 Å². The van der Waals surface area contributed by atoms with Crippen LogP contribution in [-0.4, -0.2) is 13.1 Å². The van der Waals surface area contributed by atoms with Crippen LogP contribution in [0.25, 0.3) is 0 Å². The Morgan fingerprint density at radius 3 is 2.12 bits per heavy atom. The van der Waals surface area contributed by atoms with E-state index in [1.54, 1.807) is 0 Å². The van der Waals surface area contributed by atoms with E-state index in [1.807, 2.05) is 0 Å². The summed E-state index contributed by atoms with van der Waals surface area (Å²) < 4.78 is 0. The van der Waals surface area contributed by atoms with Gasteiger partial charge in [-0.15, -0.1) is 0 Å². The Bertz CT molecular complexity index is 163. The normalized spacial score (nSPS) is 16.1. The second kappa shape index (κ2) is 8.11. The fraction of sp³-hybridized carbons (Fsp3) is 1.00. The maximum absolute atomic E-state index is 3.53. The maximum Gasteiger partial charge on any atom is 0.0118 e. The molecule has 0 amide bonds. The SMILES string of the molecule is CCCCC(CC)CC(NC)C(C)(C)CC. The van der Waals surface area contributed by atoms with Crippen molar-refractivity contribution in [3.63, 3.8) is 0 Å². The van der Waals surface area contributed by atoms with E-state index in [2.05, 4.69) is 47.0 Å². The second-order valence-corrected chi connectivity index (χ2v) is 5.84. The van der Waals surface area contributed by atoms with Crippen LogP contribution >= 0.6 is 0 Å². The Balaban J connectivity index is 4.27. The lowest BCUT2D eigenvalue weighted by molar-refractivity contribution is 0.198. The highest BCUT2D eigenvalue weighted by Gasteiger charge is 2.28. The summed E-state index contributed by atoms with van der Waals surface area (Å²) >= 11 is 0. The average molecular weight is 227 g/mol. The third-order valence-corrected chi connectivity index (χ3v) is 4.32. The van der Waals surface area contributed by atoms with Crippen molar-refractivity contribution in [2.75, 3.05) is 7.05 Å². The molecule has 98 valence electrons. The lowest BCUT2D eigenvalue weighted by atomic mass is 9.76. The van der Waals surface area contributed by atoms with Gasteiger partial charge < -0.3 is 5.32 Å². The van der Waals surface area contributed by atoms with Gasteiger partial charge in [-0.1, -0.05) is 60.3 Å². The Labute approximate surface area is 103 Å². The first-order valence-electron chi connectivity index (χ1n) is 7.19. The highest BCUT2D eigenvalue weighted by atomic mass is 14.9. The number of nitrogens with one attached hydrogen (secondary N) is 1. The molecule has 1 heteroatoms. The molecular weight excluding hydrogens is 194 g/mol. The summed E-state index contributed by atoms with van der Waals surface area (Å²) in [6.45, 7) is 11.7. The van der Waals surface area contributed by atoms with Crippen molar-refractivity contribution in [2.24, 2.45) is 11.3 Å². The molecule has 0 aromatic heterocycles. The lowest BCUT2D eigenvalue weighted by Gasteiger charge is -2.35. The van der Waals surface area contributed by atoms with Crippen LogP contribution in [0.2, 0.25) is 0 Å². The minimum Gasteiger partial charge on any atom is -0.316 e. The smallest absolute Gasteiger partial charge is 0.0118 e. The monoisotopic (exact) mass is 227 g/mol. The topological polar surface area (TPSA) is 12.0 Å². The molecule has 0 rings (SSSR count). The van der Waals surface area contributed by atoms with Crippen molar-refractivity contribution >= 4 is 0 Å². The molecule has 0 aliphatic rings. The first-order chi connectivity index (χ1) is 7.51. The first-order valence-corrected chi connectivity index (χ1v) is 7.19. The van der Waals surface area contributed by atoms with Crippen LogP contribution < -0.4 is 5.32 Å². The van der Waals surface area contributed by atoms with E-state index in [9.17, 15) is 0 Å². The maximum atomic E-state index is 3.53. The van der Waals surface area contributed by atoms with Gasteiger partial charge in [0, 0.05) is 6.04 Å². The zero-order valence-electron chi connectivity index (χ0n) is 12.4. The van der Waals surface area contributed by atoms with E-state index >= 15 is 0 Å². The van der Waals surface area contributed by atoms with E-state index in [0.717, 1.165) is 5.92 Å². The highest BCUT2D eigenvalue weighted by Crippen LogP contribution is 2.31. The van der Waals surface area contributed by atoms with Crippen LogP contribution in [0.1, 0.15) is 73.1 Å². The van der Waals surface area contributed by atoms with Crippen LogP contribution in [0.4, 0.5) is 0 Å². The molecule has 1 nitrogen and oxygen atoms in total. The van der Waals surface area contributed by atoms with Crippen molar-refractivity contribution < 1.29 is 0 Å². The molecule has 0 aliphatic carbocycles. The largest absolute Gasteiger partial charge is 0.316 e. The summed E-state index contributed by atoms with van der Waals surface area (Å²) in [5, 5.41) is 3.53. The molecule has 0 saturated heterocycles. The summed E-state index contributed by atoms with van der Waals surface area (Å²) in [5.41, 5.74) is 0.425. The molecule has 0 bridgehead atoms. The second-order valence-electron chi connectivity index (χ2n) is 5.84. The van der Waals surface area contributed by atoms with Crippen LogP contribution in [0.15, 0.2) is 0 Å². The summed E-state index contributed by atoms with van der Waals surface area (Å²) in [7, 11) is 2.12. The first kappa shape index (κ1) is 16.0. The van der Waals surface area contributed by atoms with Crippen molar-refractivity contribution in [3.05, 3.63) is 0 Å². The van der Waals surface area contributed by atoms with Crippen molar-refractivity contribution in [1.82, 2.24) is 5.32 Å². The van der Waals surface area contributed by atoms with Gasteiger partial charge in [-0.25, -0.2) is 0 Å². The molecule has 0 aromatic carbocycles. The molecule has 0 heterocycles. The van der Waals surface area contributed by atoms with E-state index in [-0.39, 0.29) is 0 Å². The Hall–Kier alpha value is -0.0400. The lowest BCUT2D eigenvalue weighted by Crippen LogP contribution is -2.41. The summed E-state index contributed by atoms with van der Waals surface area (Å²) in [6, 6.07) is 0.666. The van der Waals surface area contributed by atoms with Crippen LogP contribution in [0.3, 0.4) is 0 Å². The predicted octanol–water partition coefficient (Wildman–Crippen LogP) is 4.62. The van der Waals surface area contributed by atoms with Gasteiger partial charge in [-0.05, 0) is 31.2 Å². The highest BCUT2D eigenvalue weighted by molar-refractivity contribution is 4.83. The minimum atomic E-state index is 0.425. The van der Waals surface area contributed by atoms with Gasteiger partial charge in [0.25, 0.3) is 0 Å². The van der Waals surface area contributed by atoms with Gasteiger partial charge >= 0.3 is 0 Å². The summed E-state index contributed by atoms with van der Waals surface area (Å²) in [5.74, 6) is 0.906. The minimum absolute atomic E-state index is 0.425. The third kappa shape index (κ3) is 5.34. The molecule has 0 saturated carbocycles. The molecule has 0 aliphatic heterocycles. The van der Waals surface area contributed by atoms with E-state index in [0.29, 0.717) is 11.5 Å². The molecule has 16 heavy (non-hydrogen) atoms. The van der Waals surface area contributed by atoms with Gasteiger partial charge in [-0.2, -0.15) is 0 Å². The zero-order chi connectivity index (χ0) is 12.6. The van der Waals surface area contributed by atoms with Crippen molar-refractivity contribution in [2.45, 2.75) is 79.2 Å². The fourth-order valence-electron chi connectivity index (χ4n) is 2.39. The zero-order valence-corrected chi connectivity index (χ0v) is 12.4. The molecule has 2 atom stereocenters. The number of hydrogen-bond acceptors (Lipinski definition) is 1. The Kier molecular flexibility index (Phi) is 8.09. The fourth-order valence-corrected chi connectivity index (χ4v) is 2.39. The van der Waals surface area contributed by atoms with Crippen molar-refractivity contribution in [3.8, 4) is 0 Å². The van der Waals surface area contributed by atoms with Gasteiger partial charge in [0.1, 0.15) is 0 Å². The molecular formula is C15H33N. The number of hydrogen-bond donors (Lipinski definition) is 1. The van der Waals surface area contributed by atoms with Crippen molar-refractivity contribution in [1.29, 1.82) is 0 Å². The third-order valence-electron chi connectivity index (χ3n) is 4.32. The van der Waals surface area contributed by atoms with Crippen LogP contribution in [0.5, 0.6) is 0 Å². The van der Waals surface area contributed by atoms with Gasteiger partial charge in [-0.3, -0.25) is 0 Å². The molecule has 2 unspecified atom stereocenters. The van der Waals surface area contributed by atoms with Gasteiger partial charge in [0.15, 0.2) is 0 Å². The molecule has 0 fully saturated rings. The standard InChI is InChI=1S/C15H33N/c1-7-10-11-13(8-2)12-14(16-6)15(4,5)9-3/h13-14,16H,7-12H2,1-6H3. The summed E-state index contributed by atoms with van der Waals surface area (Å²) in [6.07, 6.45) is 8.05. The quantitative estimate of drug-likeness (QED) is 0.606.